The number of nitro benzene ring substituents is 1. The third kappa shape index (κ3) is 4.20. The van der Waals surface area contributed by atoms with Crippen LogP contribution in [0.2, 0.25) is 0 Å². The molecule has 0 aliphatic heterocycles. The number of aromatic nitrogens is 2. The lowest BCUT2D eigenvalue weighted by molar-refractivity contribution is -0.384. The van der Waals surface area contributed by atoms with Crippen molar-refractivity contribution >= 4 is 28.3 Å². The number of non-ortho nitro benzene ring substituents is 1. The van der Waals surface area contributed by atoms with Crippen molar-refractivity contribution in [1.82, 2.24) is 9.97 Å². The zero-order valence-electron chi connectivity index (χ0n) is 15.5. The number of methoxy groups -OCH3 is 1. The number of nitro groups is 1. The number of hydrogen-bond donors (Lipinski definition) is 1. The fourth-order valence-electron chi connectivity index (χ4n) is 2.79. The van der Waals surface area contributed by atoms with Gasteiger partial charge in [-0.25, -0.2) is 9.97 Å². The van der Waals surface area contributed by atoms with Gasteiger partial charge in [-0.3, -0.25) is 14.9 Å². The van der Waals surface area contributed by atoms with Gasteiger partial charge in [-0.15, -0.1) is 0 Å². The van der Waals surface area contributed by atoms with E-state index in [1.807, 2.05) is 0 Å². The van der Waals surface area contributed by atoms with Crippen LogP contribution in [-0.4, -0.2) is 27.9 Å². The Bertz CT molecular complexity index is 1170. The Balaban J connectivity index is 1.97. The number of carbonyl (C=O) groups is 1. The molecule has 0 bridgehead atoms. The number of rotatable bonds is 6. The number of benzene rings is 2. The first-order valence-corrected chi connectivity index (χ1v) is 8.36. The SMILES string of the molecule is COc1ccc(CNc2nc(C)nc3cc([N+](=O)[O-])ccc23)c(C(=O)N=[N+]=[N-])c1. The molecule has 0 saturated heterocycles. The van der Waals surface area contributed by atoms with E-state index in [9.17, 15) is 14.9 Å². The molecule has 11 heteroatoms. The second-order valence-electron chi connectivity index (χ2n) is 5.95. The molecule has 146 valence electrons. The van der Waals surface area contributed by atoms with E-state index >= 15 is 0 Å². The Hall–Kier alpha value is -4.24. The number of nitrogens with one attached hydrogen (secondary N) is 1. The number of ether oxygens (including phenoxy) is 1. The smallest absolute Gasteiger partial charge is 0.271 e. The maximum atomic E-state index is 12.1. The molecule has 0 fully saturated rings. The molecule has 11 nitrogen and oxygen atoms in total. The monoisotopic (exact) mass is 393 g/mol. The van der Waals surface area contributed by atoms with Crippen molar-refractivity contribution in [3.05, 3.63) is 73.9 Å². The molecule has 0 unspecified atom stereocenters. The minimum atomic E-state index is -0.734. The van der Waals surface area contributed by atoms with Crippen LogP contribution < -0.4 is 10.1 Å². The highest BCUT2D eigenvalue weighted by Crippen LogP contribution is 2.26. The molecule has 0 saturated carbocycles. The number of aryl methyl sites for hydroxylation is 1. The molecule has 0 spiro atoms. The highest BCUT2D eigenvalue weighted by atomic mass is 16.6. The predicted molar refractivity (Wildman–Crippen MR) is 105 cm³/mol. The fourth-order valence-corrected chi connectivity index (χ4v) is 2.79. The Morgan fingerprint density at radius 1 is 1.31 bits per heavy atom. The molecular weight excluding hydrogens is 378 g/mol. The largest absolute Gasteiger partial charge is 0.497 e. The molecule has 1 heterocycles. The van der Waals surface area contributed by atoms with Crippen molar-refractivity contribution in [1.29, 1.82) is 0 Å². The van der Waals surface area contributed by atoms with Gasteiger partial charge < -0.3 is 10.1 Å². The number of carbonyl (C=O) groups excluding carboxylic acids is 1. The molecule has 0 atom stereocenters. The van der Waals surface area contributed by atoms with Gasteiger partial charge in [-0.05, 0) is 41.3 Å². The minimum Gasteiger partial charge on any atom is -0.497 e. The molecule has 1 amide bonds. The summed E-state index contributed by atoms with van der Waals surface area (Å²) in [6.45, 7) is 1.86. The lowest BCUT2D eigenvalue weighted by Crippen LogP contribution is -2.09. The van der Waals surface area contributed by atoms with Gasteiger partial charge in [0.1, 0.15) is 17.4 Å². The fraction of sp³-hybridized carbons (Fsp3) is 0.167. The second kappa shape index (κ2) is 8.19. The van der Waals surface area contributed by atoms with Crippen molar-refractivity contribution in [3.63, 3.8) is 0 Å². The summed E-state index contributed by atoms with van der Waals surface area (Å²) in [5, 5.41) is 17.9. The van der Waals surface area contributed by atoms with Gasteiger partial charge >= 0.3 is 0 Å². The zero-order chi connectivity index (χ0) is 21.0. The first-order chi connectivity index (χ1) is 13.9. The molecular formula is C18H15N7O4. The molecule has 3 rings (SSSR count). The van der Waals surface area contributed by atoms with Crippen LogP contribution >= 0.6 is 0 Å². The van der Waals surface area contributed by atoms with Crippen LogP contribution in [0.25, 0.3) is 21.3 Å². The van der Waals surface area contributed by atoms with Crippen LogP contribution in [0.4, 0.5) is 11.5 Å². The van der Waals surface area contributed by atoms with Gasteiger partial charge in [0.25, 0.3) is 5.69 Å². The quantitative estimate of drug-likeness (QED) is 0.219. The number of nitrogens with zero attached hydrogens (tertiary/aromatic N) is 6. The zero-order valence-corrected chi connectivity index (χ0v) is 15.5. The summed E-state index contributed by atoms with van der Waals surface area (Å²) in [7, 11) is 1.46. The van der Waals surface area contributed by atoms with Gasteiger partial charge in [0.15, 0.2) is 0 Å². The van der Waals surface area contributed by atoms with Gasteiger partial charge in [0.05, 0.1) is 17.5 Å². The van der Waals surface area contributed by atoms with Gasteiger partial charge in [-0.2, -0.15) is 0 Å². The highest BCUT2D eigenvalue weighted by Gasteiger charge is 2.14. The lowest BCUT2D eigenvalue weighted by Gasteiger charge is -2.12. The van der Waals surface area contributed by atoms with E-state index in [1.54, 1.807) is 25.1 Å². The maximum Gasteiger partial charge on any atom is 0.271 e. The van der Waals surface area contributed by atoms with Crippen LogP contribution in [0, 0.1) is 17.0 Å². The van der Waals surface area contributed by atoms with E-state index in [1.165, 1.54) is 25.3 Å². The normalized spacial score (nSPS) is 10.3. The highest BCUT2D eigenvalue weighted by molar-refractivity contribution is 5.97. The molecule has 1 N–H and O–H groups in total. The van der Waals surface area contributed by atoms with Crippen molar-refractivity contribution in [3.8, 4) is 5.75 Å². The third-order valence-electron chi connectivity index (χ3n) is 4.13. The van der Waals surface area contributed by atoms with E-state index < -0.39 is 10.8 Å². The van der Waals surface area contributed by atoms with E-state index in [2.05, 4.69) is 25.3 Å². The minimum absolute atomic E-state index is 0.0704. The van der Waals surface area contributed by atoms with Crippen LogP contribution in [-0.2, 0) is 6.54 Å². The number of azide groups is 1. The summed E-state index contributed by atoms with van der Waals surface area (Å²) in [5.74, 6) is 0.601. The van der Waals surface area contributed by atoms with Crippen molar-refractivity contribution in [2.24, 2.45) is 5.11 Å². The Labute approximate surface area is 164 Å². The van der Waals surface area contributed by atoms with E-state index in [0.29, 0.717) is 33.9 Å². The van der Waals surface area contributed by atoms with E-state index in [4.69, 9.17) is 10.3 Å². The molecule has 0 aliphatic carbocycles. The topological polar surface area (TPSA) is 156 Å². The lowest BCUT2D eigenvalue weighted by atomic mass is 10.1. The van der Waals surface area contributed by atoms with Crippen molar-refractivity contribution in [2.45, 2.75) is 13.5 Å². The van der Waals surface area contributed by atoms with Crippen LogP contribution in [0.5, 0.6) is 5.75 Å². The predicted octanol–water partition coefficient (Wildman–Crippen LogP) is 3.92. The summed E-state index contributed by atoms with van der Waals surface area (Å²) < 4.78 is 5.12. The summed E-state index contributed by atoms with van der Waals surface area (Å²) in [4.78, 5) is 33.8. The van der Waals surface area contributed by atoms with Crippen molar-refractivity contribution in [2.75, 3.05) is 12.4 Å². The molecule has 0 radical (unpaired) electrons. The summed E-state index contributed by atoms with van der Waals surface area (Å²) in [6, 6.07) is 9.15. The summed E-state index contributed by atoms with van der Waals surface area (Å²) in [5.41, 5.74) is 9.67. The van der Waals surface area contributed by atoms with Crippen molar-refractivity contribution < 1.29 is 14.5 Å². The molecule has 2 aromatic carbocycles. The van der Waals surface area contributed by atoms with E-state index in [0.717, 1.165) is 0 Å². The Kier molecular flexibility index (Phi) is 5.51. The standard InChI is InChI=1S/C18H15N7O4/c1-10-21-16-7-12(25(27)28)4-6-14(16)17(22-10)20-9-11-3-5-13(29-2)8-15(11)18(26)23-24-19/h3-8H,9H2,1-2H3,(H,20,21,22). The first-order valence-electron chi connectivity index (χ1n) is 8.36. The Morgan fingerprint density at radius 2 is 2.10 bits per heavy atom. The van der Waals surface area contributed by atoms with Gasteiger partial charge in [-0.1, -0.05) is 6.07 Å². The maximum absolute atomic E-state index is 12.1. The second-order valence-corrected chi connectivity index (χ2v) is 5.95. The van der Waals surface area contributed by atoms with Gasteiger partial charge in [0, 0.05) is 34.5 Å². The van der Waals surface area contributed by atoms with Crippen LogP contribution in [0.15, 0.2) is 41.5 Å². The molecule has 29 heavy (non-hydrogen) atoms. The van der Waals surface area contributed by atoms with Crippen LogP contribution in [0.1, 0.15) is 21.7 Å². The Morgan fingerprint density at radius 3 is 2.79 bits per heavy atom. The number of hydrogen-bond acceptors (Lipinski definition) is 7. The first kappa shape index (κ1) is 19.5. The number of anilines is 1. The average molecular weight is 393 g/mol. The molecule has 0 aliphatic rings. The average Bonchev–Trinajstić information content (AvgIpc) is 2.71. The third-order valence-corrected chi connectivity index (χ3v) is 4.13. The van der Waals surface area contributed by atoms with E-state index in [-0.39, 0.29) is 17.8 Å². The molecule has 1 aromatic heterocycles. The molecule has 3 aromatic rings. The summed E-state index contributed by atoms with van der Waals surface area (Å²) in [6.07, 6.45) is 0. The number of amides is 1. The summed E-state index contributed by atoms with van der Waals surface area (Å²) >= 11 is 0. The van der Waals surface area contributed by atoms with Gasteiger partial charge in [0.2, 0.25) is 5.91 Å². The van der Waals surface area contributed by atoms with Crippen LogP contribution in [0.3, 0.4) is 0 Å². The number of fused-ring (bicyclic) bond motifs is 1.